The van der Waals surface area contributed by atoms with Crippen LogP contribution in [0.5, 0.6) is 0 Å². The van der Waals surface area contributed by atoms with Crippen molar-refractivity contribution >= 4 is 23.2 Å². The summed E-state index contributed by atoms with van der Waals surface area (Å²) in [5, 5.41) is 0. The summed E-state index contributed by atoms with van der Waals surface area (Å²) in [6.07, 6.45) is 1.66. The van der Waals surface area contributed by atoms with Crippen molar-refractivity contribution in [3.05, 3.63) is 18.0 Å². The number of rotatable bonds is 3. The second kappa shape index (κ2) is 4.13. The molecule has 4 nitrogen and oxygen atoms in total. The molecule has 0 unspecified atom stereocenters. The van der Waals surface area contributed by atoms with E-state index in [1.54, 1.807) is 12.3 Å². The highest BCUT2D eigenvalue weighted by Crippen LogP contribution is 2.04. The lowest BCUT2D eigenvalue weighted by atomic mass is 10.4. The molecular weight excluding hydrogens is 184 g/mol. The number of nitrogens with two attached hydrogens (primary N) is 1. The van der Waals surface area contributed by atoms with Crippen LogP contribution in [0.4, 0.5) is 5.95 Å². The molecule has 0 amide bonds. The number of thiocarbonyl (C=S) groups is 1. The molecule has 0 aliphatic carbocycles. The number of anilines is 1. The van der Waals surface area contributed by atoms with Gasteiger partial charge in [0, 0.05) is 19.8 Å². The summed E-state index contributed by atoms with van der Waals surface area (Å²) in [5.74, 6) is 0.646. The van der Waals surface area contributed by atoms with Crippen LogP contribution in [0.2, 0.25) is 0 Å². The molecule has 0 saturated carbocycles. The summed E-state index contributed by atoms with van der Waals surface area (Å²) in [6.45, 7) is 2.87. The molecule has 70 valence electrons. The highest BCUT2D eigenvalue weighted by atomic mass is 32.1. The predicted octanol–water partition coefficient (Wildman–Crippen LogP) is 0.567. The lowest BCUT2D eigenvalue weighted by Gasteiger charge is -2.13. The number of hydrogen-bond donors (Lipinski definition) is 1. The molecule has 1 rings (SSSR count). The molecule has 5 heteroatoms. The Morgan fingerprint density at radius 3 is 2.92 bits per heavy atom. The molecule has 0 radical (unpaired) electrons. The molecule has 1 aromatic heterocycles. The summed E-state index contributed by atoms with van der Waals surface area (Å²) in [7, 11) is 1.92. The van der Waals surface area contributed by atoms with Gasteiger partial charge in [-0.1, -0.05) is 12.2 Å². The van der Waals surface area contributed by atoms with Crippen molar-refractivity contribution in [2.24, 2.45) is 5.73 Å². The Balaban J connectivity index is 2.98. The Bertz CT molecular complexity index is 313. The first-order valence-corrected chi connectivity index (χ1v) is 4.40. The highest BCUT2D eigenvalue weighted by molar-refractivity contribution is 7.80. The third kappa shape index (κ3) is 2.35. The topological polar surface area (TPSA) is 55.0 Å². The Kier molecular flexibility index (Phi) is 3.13. The molecule has 13 heavy (non-hydrogen) atoms. The average Bonchev–Trinajstić information content (AvgIpc) is 2.17. The van der Waals surface area contributed by atoms with Crippen molar-refractivity contribution in [2.75, 3.05) is 18.5 Å². The van der Waals surface area contributed by atoms with Gasteiger partial charge >= 0.3 is 0 Å². The first-order valence-electron chi connectivity index (χ1n) is 3.99. The Hall–Kier alpha value is -1.23. The maximum absolute atomic E-state index is 5.45. The molecule has 0 spiro atoms. The van der Waals surface area contributed by atoms with Crippen LogP contribution in [0.1, 0.15) is 12.6 Å². The SMILES string of the molecule is CCN(C)c1nccc(C(N)=S)n1. The largest absolute Gasteiger partial charge is 0.388 e. The highest BCUT2D eigenvalue weighted by Gasteiger charge is 2.03. The normalized spacial score (nSPS) is 9.69. The zero-order valence-electron chi connectivity index (χ0n) is 7.69. The smallest absolute Gasteiger partial charge is 0.225 e. The van der Waals surface area contributed by atoms with Crippen molar-refractivity contribution in [1.82, 2.24) is 9.97 Å². The van der Waals surface area contributed by atoms with Gasteiger partial charge in [0.15, 0.2) is 0 Å². The number of aromatic nitrogens is 2. The van der Waals surface area contributed by atoms with Gasteiger partial charge in [-0.3, -0.25) is 0 Å². The molecule has 0 saturated heterocycles. The minimum atomic E-state index is 0.299. The third-order valence-corrected chi connectivity index (χ3v) is 1.92. The van der Waals surface area contributed by atoms with Crippen molar-refractivity contribution < 1.29 is 0 Å². The van der Waals surface area contributed by atoms with E-state index in [1.807, 2.05) is 18.9 Å². The molecule has 1 heterocycles. The summed E-state index contributed by atoms with van der Waals surface area (Å²) >= 11 is 4.81. The zero-order valence-corrected chi connectivity index (χ0v) is 8.51. The second-order valence-electron chi connectivity index (χ2n) is 2.62. The van der Waals surface area contributed by atoms with Crippen LogP contribution in [0.15, 0.2) is 12.3 Å². The van der Waals surface area contributed by atoms with Crippen LogP contribution in [0.25, 0.3) is 0 Å². The molecule has 0 aliphatic rings. The van der Waals surface area contributed by atoms with Crippen LogP contribution >= 0.6 is 12.2 Å². The van der Waals surface area contributed by atoms with Gasteiger partial charge < -0.3 is 10.6 Å². The Morgan fingerprint density at radius 1 is 1.69 bits per heavy atom. The van der Waals surface area contributed by atoms with Crippen LogP contribution < -0.4 is 10.6 Å². The van der Waals surface area contributed by atoms with Gasteiger partial charge in [0.05, 0.1) is 0 Å². The quantitative estimate of drug-likeness (QED) is 0.716. The third-order valence-electron chi connectivity index (χ3n) is 1.71. The van der Waals surface area contributed by atoms with Crippen molar-refractivity contribution in [2.45, 2.75) is 6.92 Å². The summed E-state index contributed by atoms with van der Waals surface area (Å²) in [4.78, 5) is 10.5. The molecule has 0 aliphatic heterocycles. The van der Waals surface area contributed by atoms with Crippen molar-refractivity contribution in [1.29, 1.82) is 0 Å². The molecule has 0 atom stereocenters. The van der Waals surface area contributed by atoms with Gasteiger partial charge in [-0.25, -0.2) is 9.97 Å². The van der Waals surface area contributed by atoms with E-state index in [1.165, 1.54) is 0 Å². The fourth-order valence-electron chi connectivity index (χ4n) is 0.811. The van der Waals surface area contributed by atoms with Crippen LogP contribution in [0.3, 0.4) is 0 Å². The monoisotopic (exact) mass is 196 g/mol. The van der Waals surface area contributed by atoms with E-state index in [2.05, 4.69) is 9.97 Å². The minimum Gasteiger partial charge on any atom is -0.388 e. The Morgan fingerprint density at radius 2 is 2.38 bits per heavy atom. The van der Waals surface area contributed by atoms with Gasteiger partial charge in [-0.2, -0.15) is 0 Å². The minimum absolute atomic E-state index is 0.299. The maximum Gasteiger partial charge on any atom is 0.225 e. The summed E-state index contributed by atoms with van der Waals surface area (Å²) in [6, 6.07) is 1.70. The molecule has 0 bridgehead atoms. The molecule has 2 N–H and O–H groups in total. The van der Waals surface area contributed by atoms with Crippen LogP contribution in [-0.4, -0.2) is 28.5 Å². The van der Waals surface area contributed by atoms with Crippen LogP contribution in [-0.2, 0) is 0 Å². The zero-order chi connectivity index (χ0) is 9.84. The predicted molar refractivity (Wildman–Crippen MR) is 56.9 cm³/mol. The van der Waals surface area contributed by atoms with E-state index in [9.17, 15) is 0 Å². The number of nitrogens with zero attached hydrogens (tertiary/aromatic N) is 3. The first kappa shape index (κ1) is 9.85. The summed E-state index contributed by atoms with van der Waals surface area (Å²) < 4.78 is 0. The molecular formula is C8H12N4S. The fraction of sp³-hybridized carbons (Fsp3) is 0.375. The standard InChI is InChI=1S/C8H12N4S/c1-3-12(2)8-10-5-4-6(11-8)7(9)13/h4-5H,3H2,1-2H3,(H2,9,13). The van der Waals surface area contributed by atoms with Crippen LogP contribution in [0, 0.1) is 0 Å². The van der Waals surface area contributed by atoms with E-state index >= 15 is 0 Å². The average molecular weight is 196 g/mol. The Labute approximate surface area is 82.8 Å². The van der Waals surface area contributed by atoms with Gasteiger partial charge in [0.2, 0.25) is 5.95 Å². The summed E-state index contributed by atoms with van der Waals surface area (Å²) in [5.41, 5.74) is 6.06. The maximum atomic E-state index is 5.45. The van der Waals surface area contributed by atoms with E-state index < -0.39 is 0 Å². The first-order chi connectivity index (χ1) is 6.15. The molecule has 0 aromatic carbocycles. The van der Waals surface area contributed by atoms with E-state index in [4.69, 9.17) is 18.0 Å². The van der Waals surface area contributed by atoms with E-state index in [0.717, 1.165) is 6.54 Å². The van der Waals surface area contributed by atoms with Crippen molar-refractivity contribution in [3.8, 4) is 0 Å². The fourth-order valence-corrected chi connectivity index (χ4v) is 0.925. The van der Waals surface area contributed by atoms with Gasteiger partial charge in [0.25, 0.3) is 0 Å². The molecule has 1 aromatic rings. The van der Waals surface area contributed by atoms with Gasteiger partial charge in [-0.15, -0.1) is 0 Å². The lowest BCUT2D eigenvalue weighted by molar-refractivity contribution is 0.899. The second-order valence-corrected chi connectivity index (χ2v) is 3.06. The van der Waals surface area contributed by atoms with Gasteiger partial charge in [0.1, 0.15) is 10.7 Å². The van der Waals surface area contributed by atoms with E-state index in [-0.39, 0.29) is 0 Å². The lowest BCUT2D eigenvalue weighted by Crippen LogP contribution is -2.21. The number of hydrogen-bond acceptors (Lipinski definition) is 4. The molecule has 0 fully saturated rings. The van der Waals surface area contributed by atoms with Gasteiger partial charge in [-0.05, 0) is 13.0 Å². The van der Waals surface area contributed by atoms with Crippen molar-refractivity contribution in [3.63, 3.8) is 0 Å². The van der Waals surface area contributed by atoms with E-state index in [0.29, 0.717) is 16.6 Å².